The van der Waals surface area contributed by atoms with Crippen LogP contribution in [0.15, 0.2) is 45.8 Å². The second-order valence-corrected chi connectivity index (χ2v) is 3.00. The van der Waals surface area contributed by atoms with Gasteiger partial charge in [-0.25, -0.2) is 0 Å². The zero-order chi connectivity index (χ0) is 10.7. The van der Waals surface area contributed by atoms with E-state index in [2.05, 4.69) is 0 Å². The van der Waals surface area contributed by atoms with E-state index >= 15 is 0 Å². The first-order chi connectivity index (χ1) is 7.31. The van der Waals surface area contributed by atoms with Crippen LogP contribution >= 0.6 is 0 Å². The lowest BCUT2D eigenvalue weighted by atomic mass is 10.1. The molecule has 0 unspecified atom stereocenters. The smallest absolute Gasteiger partial charge is 0.192 e. The molecule has 3 nitrogen and oxygen atoms in total. The molecule has 1 heterocycles. The molecule has 2 rings (SSSR count). The molecule has 0 radical (unpaired) electrons. The first-order valence-corrected chi connectivity index (χ1v) is 4.39. The van der Waals surface area contributed by atoms with Gasteiger partial charge in [0.1, 0.15) is 5.58 Å². The number of allylic oxidation sites excluding steroid dienone is 1. The first kappa shape index (κ1) is 9.22. The third-order valence-corrected chi connectivity index (χ3v) is 2.04. The van der Waals surface area contributed by atoms with Gasteiger partial charge in [-0.05, 0) is 23.8 Å². The summed E-state index contributed by atoms with van der Waals surface area (Å²) in [7, 11) is 0. The van der Waals surface area contributed by atoms with Crippen LogP contribution in [0, 0.1) is 11.3 Å². The van der Waals surface area contributed by atoms with E-state index in [-0.39, 0.29) is 5.43 Å². The summed E-state index contributed by atoms with van der Waals surface area (Å²) in [5.41, 5.74) is 1.30. The summed E-state index contributed by atoms with van der Waals surface area (Å²) in [4.78, 5) is 11.4. The van der Waals surface area contributed by atoms with Crippen molar-refractivity contribution in [2.45, 2.75) is 0 Å². The number of rotatable bonds is 1. The monoisotopic (exact) mass is 197 g/mol. The van der Waals surface area contributed by atoms with Crippen molar-refractivity contribution in [3.63, 3.8) is 0 Å². The van der Waals surface area contributed by atoms with Crippen molar-refractivity contribution >= 4 is 17.0 Å². The van der Waals surface area contributed by atoms with Gasteiger partial charge in [0, 0.05) is 12.1 Å². The first-order valence-electron chi connectivity index (χ1n) is 4.39. The molecule has 0 spiro atoms. The maximum atomic E-state index is 11.4. The quantitative estimate of drug-likeness (QED) is 0.659. The van der Waals surface area contributed by atoms with Gasteiger partial charge >= 0.3 is 0 Å². The van der Waals surface area contributed by atoms with Crippen molar-refractivity contribution in [3.05, 3.63) is 52.4 Å². The molecule has 1 aromatic carbocycles. The Morgan fingerprint density at radius 2 is 2.20 bits per heavy atom. The molecule has 0 fully saturated rings. The SMILES string of the molecule is N#C/C=C/c1ccc2c(=O)ccoc2c1. The fourth-order valence-corrected chi connectivity index (χ4v) is 1.34. The van der Waals surface area contributed by atoms with Crippen molar-refractivity contribution in [1.29, 1.82) is 5.26 Å². The maximum Gasteiger partial charge on any atom is 0.192 e. The second kappa shape index (κ2) is 3.81. The highest BCUT2D eigenvalue weighted by Crippen LogP contribution is 2.13. The Kier molecular flexibility index (Phi) is 2.34. The molecule has 0 aliphatic carbocycles. The number of nitrogens with zero attached hydrogens (tertiary/aromatic N) is 1. The molecule has 0 aliphatic rings. The van der Waals surface area contributed by atoms with Crippen LogP contribution in [0.25, 0.3) is 17.0 Å². The fourth-order valence-electron chi connectivity index (χ4n) is 1.34. The van der Waals surface area contributed by atoms with E-state index in [1.54, 1.807) is 24.3 Å². The van der Waals surface area contributed by atoms with Gasteiger partial charge < -0.3 is 4.42 Å². The third-order valence-electron chi connectivity index (χ3n) is 2.04. The van der Waals surface area contributed by atoms with Crippen molar-refractivity contribution in [2.24, 2.45) is 0 Å². The molecule has 1 aromatic heterocycles. The average molecular weight is 197 g/mol. The van der Waals surface area contributed by atoms with Gasteiger partial charge in [-0.2, -0.15) is 5.26 Å². The Bertz CT molecular complexity index is 617. The van der Waals surface area contributed by atoms with Crippen LogP contribution in [0.4, 0.5) is 0 Å². The van der Waals surface area contributed by atoms with Crippen molar-refractivity contribution in [2.75, 3.05) is 0 Å². The molecule has 0 N–H and O–H groups in total. The van der Waals surface area contributed by atoms with Gasteiger partial charge in [-0.3, -0.25) is 4.79 Å². The minimum absolute atomic E-state index is 0.0629. The molecule has 0 bridgehead atoms. The van der Waals surface area contributed by atoms with Crippen molar-refractivity contribution < 1.29 is 4.42 Å². The molecule has 2 aromatic rings. The van der Waals surface area contributed by atoms with Crippen LogP contribution in [-0.4, -0.2) is 0 Å². The van der Waals surface area contributed by atoms with Gasteiger partial charge in [0.25, 0.3) is 0 Å². The summed E-state index contributed by atoms with van der Waals surface area (Å²) in [6.07, 6.45) is 4.40. The largest absolute Gasteiger partial charge is 0.464 e. The van der Waals surface area contributed by atoms with Gasteiger partial charge in [0.05, 0.1) is 17.7 Å². The molecule has 0 saturated heterocycles. The van der Waals surface area contributed by atoms with Gasteiger partial charge in [-0.1, -0.05) is 6.07 Å². The molecule has 0 saturated carbocycles. The Hall–Kier alpha value is -2.34. The van der Waals surface area contributed by atoms with Crippen LogP contribution in [-0.2, 0) is 0 Å². The summed E-state index contributed by atoms with van der Waals surface area (Å²) < 4.78 is 5.20. The summed E-state index contributed by atoms with van der Waals surface area (Å²) in [6.45, 7) is 0. The molecule has 15 heavy (non-hydrogen) atoms. The highest BCUT2D eigenvalue weighted by atomic mass is 16.3. The topological polar surface area (TPSA) is 54.0 Å². The standard InChI is InChI=1S/C12H7NO2/c13-6-1-2-9-3-4-10-11(14)5-7-15-12(10)8-9/h1-5,7-8H/b2-1+. The van der Waals surface area contributed by atoms with Gasteiger partial charge in [0.2, 0.25) is 0 Å². The van der Waals surface area contributed by atoms with Gasteiger partial charge in [-0.15, -0.1) is 0 Å². The van der Waals surface area contributed by atoms with E-state index in [0.717, 1.165) is 5.56 Å². The van der Waals surface area contributed by atoms with E-state index < -0.39 is 0 Å². The second-order valence-electron chi connectivity index (χ2n) is 3.00. The molecule has 0 amide bonds. The van der Waals surface area contributed by atoms with Crippen LogP contribution < -0.4 is 5.43 Å². The van der Waals surface area contributed by atoms with E-state index in [4.69, 9.17) is 9.68 Å². The Balaban J connectivity index is 2.63. The number of benzene rings is 1. The highest BCUT2D eigenvalue weighted by molar-refractivity contribution is 5.79. The zero-order valence-corrected chi connectivity index (χ0v) is 7.81. The summed E-state index contributed by atoms with van der Waals surface area (Å²) in [6, 6.07) is 8.48. The molecule has 3 heteroatoms. The maximum absolute atomic E-state index is 11.4. The Morgan fingerprint density at radius 1 is 1.33 bits per heavy atom. The molecule has 0 aliphatic heterocycles. The van der Waals surface area contributed by atoms with E-state index in [9.17, 15) is 4.79 Å². The zero-order valence-electron chi connectivity index (χ0n) is 7.81. The van der Waals surface area contributed by atoms with E-state index in [1.165, 1.54) is 18.4 Å². The minimum atomic E-state index is -0.0629. The van der Waals surface area contributed by atoms with Crippen LogP contribution in [0.3, 0.4) is 0 Å². The average Bonchev–Trinajstić information content (AvgIpc) is 2.26. The fraction of sp³-hybridized carbons (Fsp3) is 0. The van der Waals surface area contributed by atoms with E-state index in [0.29, 0.717) is 11.0 Å². The summed E-state index contributed by atoms with van der Waals surface area (Å²) >= 11 is 0. The van der Waals surface area contributed by atoms with Crippen LogP contribution in [0.2, 0.25) is 0 Å². The molecule has 0 atom stereocenters. The third kappa shape index (κ3) is 1.79. The normalized spacial score (nSPS) is 10.6. The lowest BCUT2D eigenvalue weighted by molar-refractivity contribution is 0.602. The number of nitriles is 1. The summed E-state index contributed by atoms with van der Waals surface area (Å²) in [5.74, 6) is 0. The molecular formula is C12H7NO2. The Morgan fingerprint density at radius 3 is 3.00 bits per heavy atom. The lowest BCUT2D eigenvalue weighted by Gasteiger charge is -1.96. The predicted molar refractivity (Wildman–Crippen MR) is 57.1 cm³/mol. The summed E-state index contributed by atoms with van der Waals surface area (Å²) in [5, 5.41) is 8.92. The number of hydrogen-bond acceptors (Lipinski definition) is 3. The number of hydrogen-bond donors (Lipinski definition) is 0. The van der Waals surface area contributed by atoms with Gasteiger partial charge in [0.15, 0.2) is 5.43 Å². The molecular weight excluding hydrogens is 190 g/mol. The van der Waals surface area contributed by atoms with Crippen molar-refractivity contribution in [3.8, 4) is 6.07 Å². The number of fused-ring (bicyclic) bond motifs is 1. The minimum Gasteiger partial charge on any atom is -0.464 e. The molecule has 72 valence electrons. The van der Waals surface area contributed by atoms with E-state index in [1.807, 2.05) is 6.07 Å². The lowest BCUT2D eigenvalue weighted by Crippen LogP contribution is -1.97. The van der Waals surface area contributed by atoms with Crippen LogP contribution in [0.1, 0.15) is 5.56 Å². The van der Waals surface area contributed by atoms with Crippen LogP contribution in [0.5, 0.6) is 0 Å². The van der Waals surface area contributed by atoms with Crippen molar-refractivity contribution in [1.82, 2.24) is 0 Å². The Labute approximate surface area is 85.9 Å². The predicted octanol–water partition coefficient (Wildman–Crippen LogP) is 2.33. The highest BCUT2D eigenvalue weighted by Gasteiger charge is 1.99.